The van der Waals surface area contributed by atoms with E-state index in [-0.39, 0.29) is 6.42 Å². The van der Waals surface area contributed by atoms with Gasteiger partial charge in [-0.3, -0.25) is 4.79 Å². The van der Waals surface area contributed by atoms with Crippen molar-refractivity contribution in [1.29, 1.82) is 0 Å². The molecule has 2 N–H and O–H groups in total. The number of rotatable bonds is 6. The van der Waals surface area contributed by atoms with Crippen LogP contribution in [-0.4, -0.2) is 25.9 Å². The summed E-state index contributed by atoms with van der Waals surface area (Å²) in [4.78, 5) is 10.7. The van der Waals surface area contributed by atoms with E-state index in [2.05, 4.69) is 15.5 Å². The summed E-state index contributed by atoms with van der Waals surface area (Å²) >= 11 is 0. The fourth-order valence-corrected chi connectivity index (χ4v) is 2.38. The first-order chi connectivity index (χ1) is 10.7. The molecule has 22 heavy (non-hydrogen) atoms. The van der Waals surface area contributed by atoms with Crippen LogP contribution in [0.4, 0.5) is 0 Å². The third kappa shape index (κ3) is 3.29. The van der Waals surface area contributed by atoms with E-state index in [0.717, 1.165) is 22.2 Å². The van der Waals surface area contributed by atoms with Gasteiger partial charge in [-0.05, 0) is 23.3 Å². The molecule has 0 radical (unpaired) electrons. The Labute approximate surface area is 127 Å². The molecule has 0 aliphatic carbocycles. The van der Waals surface area contributed by atoms with Crippen LogP contribution in [0, 0.1) is 0 Å². The van der Waals surface area contributed by atoms with Gasteiger partial charge in [-0.25, -0.2) is 0 Å². The number of carboxylic acid groups (broad SMARTS) is 1. The largest absolute Gasteiger partial charge is 0.481 e. The van der Waals surface area contributed by atoms with Crippen LogP contribution in [0.15, 0.2) is 48.8 Å². The molecule has 0 unspecified atom stereocenters. The number of carboxylic acids is 1. The molecule has 2 heterocycles. The summed E-state index contributed by atoms with van der Waals surface area (Å²) in [6.45, 7) is 1.35. The van der Waals surface area contributed by atoms with Crippen molar-refractivity contribution in [3.63, 3.8) is 0 Å². The molecule has 0 spiro atoms. The van der Waals surface area contributed by atoms with Gasteiger partial charge in [0.2, 0.25) is 0 Å². The van der Waals surface area contributed by atoms with Gasteiger partial charge in [-0.1, -0.05) is 24.3 Å². The Kier molecular flexibility index (Phi) is 4.11. The van der Waals surface area contributed by atoms with Crippen LogP contribution in [0.2, 0.25) is 0 Å². The average molecular weight is 296 g/mol. The first-order valence-electron chi connectivity index (χ1n) is 7.00. The minimum Gasteiger partial charge on any atom is -0.481 e. The van der Waals surface area contributed by atoms with Crippen LogP contribution >= 0.6 is 0 Å². The second kappa shape index (κ2) is 6.36. The van der Waals surface area contributed by atoms with Crippen molar-refractivity contribution in [2.45, 2.75) is 19.5 Å². The number of hydrogen-bond donors (Lipinski definition) is 2. The Hall–Kier alpha value is -2.73. The number of fused-ring (bicyclic) bond motifs is 1. The predicted molar refractivity (Wildman–Crippen MR) is 81.3 cm³/mol. The minimum absolute atomic E-state index is 0.0492. The maximum atomic E-state index is 10.7. The van der Waals surface area contributed by atoms with Crippen LogP contribution in [0.25, 0.3) is 5.52 Å². The van der Waals surface area contributed by atoms with Gasteiger partial charge >= 0.3 is 5.97 Å². The molecule has 0 atom stereocenters. The Morgan fingerprint density at radius 3 is 2.86 bits per heavy atom. The zero-order valence-electron chi connectivity index (χ0n) is 11.9. The zero-order chi connectivity index (χ0) is 15.4. The van der Waals surface area contributed by atoms with Crippen LogP contribution in [0.1, 0.15) is 16.7 Å². The minimum atomic E-state index is -0.816. The lowest BCUT2D eigenvalue weighted by Gasteiger charge is -2.06. The number of hydrogen-bond acceptors (Lipinski definition) is 4. The third-order valence-corrected chi connectivity index (χ3v) is 3.37. The van der Waals surface area contributed by atoms with Gasteiger partial charge < -0.3 is 10.4 Å². The van der Waals surface area contributed by atoms with Crippen LogP contribution in [0.3, 0.4) is 0 Å². The van der Waals surface area contributed by atoms with E-state index in [9.17, 15) is 4.79 Å². The summed E-state index contributed by atoms with van der Waals surface area (Å²) in [6, 6.07) is 11.5. The molecular weight excluding hydrogens is 280 g/mol. The smallest absolute Gasteiger partial charge is 0.307 e. The van der Waals surface area contributed by atoms with Gasteiger partial charge in [0, 0.05) is 24.8 Å². The Balaban J connectivity index is 1.62. The highest BCUT2D eigenvalue weighted by molar-refractivity contribution is 5.70. The van der Waals surface area contributed by atoms with E-state index >= 15 is 0 Å². The molecule has 3 aromatic rings. The summed E-state index contributed by atoms with van der Waals surface area (Å²) in [6.07, 6.45) is 3.55. The van der Waals surface area contributed by atoms with E-state index in [0.29, 0.717) is 13.1 Å². The van der Waals surface area contributed by atoms with E-state index in [4.69, 9.17) is 5.11 Å². The van der Waals surface area contributed by atoms with Crippen molar-refractivity contribution in [2.75, 3.05) is 0 Å². The zero-order valence-corrected chi connectivity index (χ0v) is 11.9. The summed E-state index contributed by atoms with van der Waals surface area (Å²) in [5, 5.41) is 20.5. The number of nitrogens with zero attached hydrogens (tertiary/aromatic N) is 3. The lowest BCUT2D eigenvalue weighted by molar-refractivity contribution is -0.136. The highest BCUT2D eigenvalue weighted by atomic mass is 16.4. The van der Waals surface area contributed by atoms with Gasteiger partial charge in [0.15, 0.2) is 0 Å². The number of benzene rings is 1. The van der Waals surface area contributed by atoms with Gasteiger partial charge in [0.1, 0.15) is 0 Å². The molecule has 1 aromatic carbocycles. The molecule has 2 aromatic heterocycles. The van der Waals surface area contributed by atoms with Crippen molar-refractivity contribution in [1.82, 2.24) is 20.1 Å². The molecule has 0 fully saturated rings. The summed E-state index contributed by atoms with van der Waals surface area (Å²) in [5.74, 6) is -0.816. The Bertz CT molecular complexity index is 797. The average Bonchev–Trinajstić information content (AvgIpc) is 2.91. The first-order valence-corrected chi connectivity index (χ1v) is 7.00. The van der Waals surface area contributed by atoms with Gasteiger partial charge in [0.25, 0.3) is 0 Å². The molecule has 0 bridgehead atoms. The predicted octanol–water partition coefficient (Wildman–Crippen LogP) is 1.65. The fraction of sp³-hybridized carbons (Fsp3) is 0.188. The summed E-state index contributed by atoms with van der Waals surface area (Å²) in [5.41, 5.74) is 3.93. The topological polar surface area (TPSA) is 79.5 Å². The number of nitrogens with one attached hydrogen (secondary N) is 1. The summed E-state index contributed by atoms with van der Waals surface area (Å²) in [7, 11) is 0. The Morgan fingerprint density at radius 2 is 2.00 bits per heavy atom. The highest BCUT2D eigenvalue weighted by Gasteiger charge is 2.04. The lowest BCUT2D eigenvalue weighted by Crippen LogP contribution is -2.13. The van der Waals surface area contributed by atoms with Crippen molar-refractivity contribution in [3.8, 4) is 0 Å². The molecule has 0 aliphatic heterocycles. The Morgan fingerprint density at radius 1 is 1.14 bits per heavy atom. The lowest BCUT2D eigenvalue weighted by atomic mass is 10.1. The molecule has 6 heteroatoms. The SMILES string of the molecule is O=C(O)Cc1cccc(CNCc2cnn3ncccc23)c1. The molecule has 3 rings (SSSR count). The quantitative estimate of drug-likeness (QED) is 0.723. The normalized spacial score (nSPS) is 10.9. The second-order valence-corrected chi connectivity index (χ2v) is 5.06. The maximum Gasteiger partial charge on any atom is 0.307 e. The molecule has 0 saturated heterocycles. The number of aliphatic carboxylic acids is 1. The third-order valence-electron chi connectivity index (χ3n) is 3.37. The molecule has 0 amide bonds. The van der Waals surface area contributed by atoms with Crippen LogP contribution in [0.5, 0.6) is 0 Å². The highest BCUT2D eigenvalue weighted by Crippen LogP contribution is 2.09. The fourth-order valence-electron chi connectivity index (χ4n) is 2.38. The second-order valence-electron chi connectivity index (χ2n) is 5.06. The monoisotopic (exact) mass is 296 g/mol. The number of carbonyl (C=O) groups is 1. The van der Waals surface area contributed by atoms with E-state index in [1.165, 1.54) is 0 Å². The summed E-state index contributed by atoms with van der Waals surface area (Å²) < 4.78 is 1.60. The molecule has 6 nitrogen and oxygen atoms in total. The standard InChI is InChI=1S/C16H16N4O2/c21-16(22)8-12-3-1-4-13(7-12)9-17-10-14-11-19-20-15(14)5-2-6-18-20/h1-7,11,17H,8-10H2,(H,21,22). The van der Waals surface area contributed by atoms with Crippen molar-refractivity contribution < 1.29 is 9.90 Å². The molecule has 112 valence electrons. The van der Waals surface area contributed by atoms with Crippen molar-refractivity contribution in [3.05, 3.63) is 65.5 Å². The van der Waals surface area contributed by atoms with Gasteiger partial charge in [-0.15, -0.1) is 0 Å². The molecule has 0 saturated carbocycles. The number of aromatic nitrogens is 3. The van der Waals surface area contributed by atoms with E-state index in [1.807, 2.05) is 36.4 Å². The van der Waals surface area contributed by atoms with E-state index < -0.39 is 5.97 Å². The van der Waals surface area contributed by atoms with E-state index in [1.54, 1.807) is 17.0 Å². The molecular formula is C16H16N4O2. The van der Waals surface area contributed by atoms with Gasteiger partial charge in [-0.2, -0.15) is 14.8 Å². The van der Waals surface area contributed by atoms with Crippen molar-refractivity contribution in [2.24, 2.45) is 0 Å². The van der Waals surface area contributed by atoms with Gasteiger partial charge in [0.05, 0.1) is 18.1 Å². The maximum absolute atomic E-state index is 10.7. The first kappa shape index (κ1) is 14.2. The molecule has 0 aliphatic rings. The van der Waals surface area contributed by atoms with Crippen LogP contribution < -0.4 is 5.32 Å². The van der Waals surface area contributed by atoms with Crippen LogP contribution in [-0.2, 0) is 24.3 Å². The van der Waals surface area contributed by atoms with Crippen molar-refractivity contribution >= 4 is 11.5 Å².